The molecule has 0 saturated heterocycles. The van der Waals surface area contributed by atoms with Gasteiger partial charge in [0.15, 0.2) is 0 Å². The summed E-state index contributed by atoms with van der Waals surface area (Å²) in [5.41, 5.74) is 0. The quantitative estimate of drug-likeness (QED) is 0.565. The first-order valence-electron chi connectivity index (χ1n) is 6.15. The fraction of sp³-hybridized carbons (Fsp3) is 0.833. The lowest BCUT2D eigenvalue weighted by Gasteiger charge is -2.04. The lowest BCUT2D eigenvalue weighted by Crippen LogP contribution is -2.24. The second kappa shape index (κ2) is 10.5. The van der Waals surface area contributed by atoms with Crippen LogP contribution in [0.4, 0.5) is 0 Å². The number of carboxylic acid groups (broad SMARTS) is 1. The maximum absolute atomic E-state index is 11.1. The Morgan fingerprint density at radius 1 is 1.00 bits per heavy atom. The summed E-state index contributed by atoms with van der Waals surface area (Å²) in [7, 11) is 0. The Kier molecular flexibility index (Phi) is 9.76. The Morgan fingerprint density at radius 3 is 2.25 bits per heavy atom. The van der Waals surface area contributed by atoms with Gasteiger partial charge in [0.05, 0.1) is 6.42 Å². The highest BCUT2D eigenvalue weighted by molar-refractivity contribution is 5.80. The average molecular weight is 229 g/mol. The van der Waals surface area contributed by atoms with Crippen LogP contribution in [0, 0.1) is 0 Å². The van der Waals surface area contributed by atoms with Crippen LogP contribution >= 0.6 is 0 Å². The summed E-state index contributed by atoms with van der Waals surface area (Å²) in [6.07, 6.45) is 7.15. The van der Waals surface area contributed by atoms with Crippen LogP contribution in [0.25, 0.3) is 0 Å². The van der Waals surface area contributed by atoms with Gasteiger partial charge in [-0.2, -0.15) is 0 Å². The van der Waals surface area contributed by atoms with Gasteiger partial charge in [0.25, 0.3) is 0 Å². The van der Waals surface area contributed by atoms with Crippen molar-refractivity contribution in [3.63, 3.8) is 0 Å². The van der Waals surface area contributed by atoms with E-state index in [0.29, 0.717) is 6.54 Å². The number of nitrogens with one attached hydrogen (secondary N) is 1. The predicted octanol–water partition coefficient (Wildman–Crippen LogP) is 2.33. The van der Waals surface area contributed by atoms with E-state index in [1.54, 1.807) is 0 Å². The number of hydrogen-bond donors (Lipinski definition) is 2. The highest BCUT2D eigenvalue weighted by Gasteiger charge is 2.03. The van der Waals surface area contributed by atoms with Gasteiger partial charge in [-0.25, -0.2) is 0 Å². The molecule has 0 unspecified atom stereocenters. The van der Waals surface area contributed by atoms with Crippen molar-refractivity contribution in [3.8, 4) is 0 Å². The van der Waals surface area contributed by atoms with Crippen LogP contribution in [0.2, 0.25) is 0 Å². The average Bonchev–Trinajstić information content (AvgIpc) is 2.25. The minimum absolute atomic E-state index is 0.0810. The van der Waals surface area contributed by atoms with Gasteiger partial charge in [-0.05, 0) is 6.42 Å². The number of carbonyl (C=O) groups excluding carboxylic acids is 1. The molecule has 16 heavy (non-hydrogen) atoms. The summed E-state index contributed by atoms with van der Waals surface area (Å²) in [6, 6.07) is 0. The van der Waals surface area contributed by atoms with Crippen molar-refractivity contribution in [1.82, 2.24) is 5.32 Å². The molecule has 1 amide bonds. The summed E-state index contributed by atoms with van der Waals surface area (Å²) in [6.45, 7) is 2.85. The van der Waals surface area contributed by atoms with E-state index in [4.69, 9.17) is 5.11 Å². The molecular weight excluding hydrogens is 206 g/mol. The zero-order valence-electron chi connectivity index (χ0n) is 10.1. The van der Waals surface area contributed by atoms with Crippen LogP contribution in [-0.2, 0) is 9.59 Å². The molecule has 0 rings (SSSR count). The van der Waals surface area contributed by atoms with E-state index in [-0.39, 0.29) is 18.7 Å². The van der Waals surface area contributed by atoms with Crippen LogP contribution in [0.1, 0.15) is 58.3 Å². The van der Waals surface area contributed by atoms with Crippen molar-refractivity contribution in [1.29, 1.82) is 0 Å². The van der Waals surface area contributed by atoms with E-state index in [9.17, 15) is 9.59 Å². The fourth-order valence-electron chi connectivity index (χ4n) is 1.44. The van der Waals surface area contributed by atoms with Crippen LogP contribution in [0.15, 0.2) is 0 Å². The number of amides is 1. The van der Waals surface area contributed by atoms with Gasteiger partial charge < -0.3 is 10.4 Å². The molecule has 0 aliphatic rings. The zero-order valence-corrected chi connectivity index (χ0v) is 10.1. The maximum Gasteiger partial charge on any atom is 0.303 e. The van der Waals surface area contributed by atoms with Crippen LogP contribution < -0.4 is 5.32 Å². The van der Waals surface area contributed by atoms with E-state index in [2.05, 4.69) is 12.2 Å². The molecule has 0 aliphatic carbocycles. The molecule has 0 spiro atoms. The molecule has 4 nitrogen and oxygen atoms in total. The number of carboxylic acids is 1. The van der Waals surface area contributed by atoms with Crippen molar-refractivity contribution < 1.29 is 14.7 Å². The van der Waals surface area contributed by atoms with Gasteiger partial charge in [0, 0.05) is 13.0 Å². The zero-order chi connectivity index (χ0) is 12.2. The molecule has 0 radical (unpaired) electrons. The molecule has 2 N–H and O–H groups in total. The van der Waals surface area contributed by atoms with Crippen LogP contribution in [0.3, 0.4) is 0 Å². The lowest BCUT2D eigenvalue weighted by atomic mass is 10.1. The molecule has 0 aliphatic heterocycles. The highest BCUT2D eigenvalue weighted by Crippen LogP contribution is 2.04. The van der Waals surface area contributed by atoms with Crippen molar-refractivity contribution in [2.75, 3.05) is 6.54 Å². The first kappa shape index (κ1) is 14.9. The van der Waals surface area contributed by atoms with E-state index < -0.39 is 5.97 Å². The number of hydrogen-bond acceptors (Lipinski definition) is 2. The monoisotopic (exact) mass is 229 g/mol. The Morgan fingerprint density at radius 2 is 1.62 bits per heavy atom. The molecular formula is C12H23NO3. The minimum Gasteiger partial charge on any atom is -0.481 e. The summed E-state index contributed by atoms with van der Waals surface area (Å²) in [4.78, 5) is 21.3. The van der Waals surface area contributed by atoms with Crippen LogP contribution in [0.5, 0.6) is 0 Å². The van der Waals surface area contributed by atoms with Gasteiger partial charge in [0.2, 0.25) is 5.91 Å². The van der Waals surface area contributed by atoms with Gasteiger partial charge >= 0.3 is 5.97 Å². The van der Waals surface area contributed by atoms with Crippen molar-refractivity contribution >= 4 is 11.9 Å². The normalized spacial score (nSPS) is 10.1. The first-order valence-corrected chi connectivity index (χ1v) is 6.15. The number of rotatable bonds is 10. The second-order valence-electron chi connectivity index (χ2n) is 4.01. The van der Waals surface area contributed by atoms with Crippen molar-refractivity contribution in [2.45, 2.75) is 58.3 Å². The van der Waals surface area contributed by atoms with Gasteiger partial charge in [0.1, 0.15) is 0 Å². The molecule has 0 atom stereocenters. The molecule has 94 valence electrons. The van der Waals surface area contributed by atoms with Gasteiger partial charge in [-0.15, -0.1) is 0 Å². The first-order chi connectivity index (χ1) is 7.66. The summed E-state index contributed by atoms with van der Waals surface area (Å²) in [5, 5.41) is 11.1. The van der Waals surface area contributed by atoms with E-state index in [1.807, 2.05) is 0 Å². The smallest absolute Gasteiger partial charge is 0.303 e. The number of unbranched alkanes of at least 4 members (excludes halogenated alkanes) is 5. The van der Waals surface area contributed by atoms with E-state index in [1.165, 1.54) is 25.7 Å². The van der Waals surface area contributed by atoms with E-state index >= 15 is 0 Å². The summed E-state index contributed by atoms with van der Waals surface area (Å²) < 4.78 is 0. The maximum atomic E-state index is 11.1. The summed E-state index contributed by atoms with van der Waals surface area (Å²) >= 11 is 0. The molecule has 0 heterocycles. The molecule has 4 heteroatoms. The van der Waals surface area contributed by atoms with Gasteiger partial charge in [-0.3, -0.25) is 9.59 Å². The van der Waals surface area contributed by atoms with Gasteiger partial charge in [-0.1, -0.05) is 39.0 Å². The third kappa shape index (κ3) is 11.0. The number of aliphatic carboxylic acids is 1. The largest absolute Gasteiger partial charge is 0.481 e. The highest BCUT2D eigenvalue weighted by atomic mass is 16.4. The second-order valence-corrected chi connectivity index (χ2v) is 4.01. The minimum atomic E-state index is -0.922. The Hall–Kier alpha value is -1.06. The summed E-state index contributed by atoms with van der Waals surface area (Å²) in [5.74, 6) is -1.08. The molecule has 0 bridgehead atoms. The van der Waals surface area contributed by atoms with E-state index in [0.717, 1.165) is 12.8 Å². The Labute approximate surface area is 97.4 Å². The van der Waals surface area contributed by atoms with Crippen molar-refractivity contribution in [3.05, 3.63) is 0 Å². The lowest BCUT2D eigenvalue weighted by molar-refractivity contribution is -0.138. The molecule has 0 aromatic rings. The fourth-order valence-corrected chi connectivity index (χ4v) is 1.44. The standard InChI is InChI=1S/C12H23NO3/c1-2-3-4-5-6-7-10-13-11(14)8-9-12(15)16/h2-10H2,1H3,(H,13,14)(H,15,16). The van der Waals surface area contributed by atoms with Crippen LogP contribution in [-0.4, -0.2) is 23.5 Å². The number of carbonyl (C=O) groups is 2. The third-order valence-electron chi connectivity index (χ3n) is 2.42. The molecule has 0 aromatic carbocycles. The topological polar surface area (TPSA) is 66.4 Å². The molecule has 0 fully saturated rings. The predicted molar refractivity (Wildman–Crippen MR) is 63.3 cm³/mol. The SMILES string of the molecule is CCCCCCCCNC(=O)CCC(=O)O. The Bertz CT molecular complexity index is 204. The third-order valence-corrected chi connectivity index (χ3v) is 2.42. The Balaban J connectivity index is 3.18. The molecule has 0 saturated carbocycles. The molecule has 0 aromatic heterocycles. The van der Waals surface area contributed by atoms with Crippen molar-refractivity contribution in [2.24, 2.45) is 0 Å².